The molecule has 1 aliphatic rings. The van der Waals surface area contributed by atoms with Crippen LogP contribution in [0.2, 0.25) is 0 Å². The van der Waals surface area contributed by atoms with Crippen molar-refractivity contribution in [2.24, 2.45) is 23.5 Å². The van der Waals surface area contributed by atoms with E-state index in [1.807, 2.05) is 0 Å². The van der Waals surface area contributed by atoms with Gasteiger partial charge in [0.1, 0.15) is 5.54 Å². The largest absolute Gasteiger partial charge is 0.480 e. The fourth-order valence-corrected chi connectivity index (χ4v) is 2.84. The van der Waals surface area contributed by atoms with Crippen LogP contribution in [-0.4, -0.2) is 29.3 Å². The summed E-state index contributed by atoms with van der Waals surface area (Å²) >= 11 is 0. The molecule has 19 heavy (non-hydrogen) atoms. The maximum absolute atomic E-state index is 10.9. The highest BCUT2D eigenvalue weighted by molar-refractivity contribution is 5.77. The normalized spacial score (nSPS) is 31.2. The minimum Gasteiger partial charge on any atom is -0.480 e. The van der Waals surface area contributed by atoms with E-state index < -0.39 is 11.5 Å². The third kappa shape index (κ3) is 4.77. The van der Waals surface area contributed by atoms with Crippen LogP contribution in [0.4, 0.5) is 0 Å². The molecule has 0 aromatic carbocycles. The van der Waals surface area contributed by atoms with Gasteiger partial charge in [-0.05, 0) is 43.9 Å². The van der Waals surface area contributed by atoms with E-state index in [-0.39, 0.29) is 6.10 Å². The summed E-state index contributed by atoms with van der Waals surface area (Å²) in [5.74, 6) is 0.934. The molecule has 0 aliphatic heterocycles. The number of hydrogen-bond donors (Lipinski definition) is 2. The van der Waals surface area contributed by atoms with Gasteiger partial charge in [-0.15, -0.1) is 0 Å². The lowest BCUT2D eigenvalue weighted by Gasteiger charge is -2.37. The zero-order valence-corrected chi connectivity index (χ0v) is 12.7. The number of carbonyl (C=O) groups is 1. The number of rotatable bonds is 6. The molecule has 4 atom stereocenters. The van der Waals surface area contributed by atoms with Gasteiger partial charge in [-0.25, -0.2) is 0 Å². The van der Waals surface area contributed by atoms with Gasteiger partial charge in [-0.2, -0.15) is 0 Å². The molecule has 4 heteroatoms. The van der Waals surface area contributed by atoms with Crippen molar-refractivity contribution in [1.82, 2.24) is 0 Å². The van der Waals surface area contributed by atoms with E-state index in [1.54, 1.807) is 6.92 Å². The second-order valence-electron chi connectivity index (χ2n) is 6.71. The summed E-state index contributed by atoms with van der Waals surface area (Å²) in [6.07, 6.45) is 4.18. The minimum atomic E-state index is -1.19. The molecule has 1 fully saturated rings. The molecule has 4 nitrogen and oxygen atoms in total. The fourth-order valence-electron chi connectivity index (χ4n) is 2.84. The van der Waals surface area contributed by atoms with E-state index in [0.717, 1.165) is 6.42 Å². The van der Waals surface area contributed by atoms with E-state index in [9.17, 15) is 4.79 Å². The average molecular weight is 271 g/mol. The second kappa shape index (κ2) is 6.71. The van der Waals surface area contributed by atoms with Gasteiger partial charge in [-0.1, -0.05) is 27.2 Å². The van der Waals surface area contributed by atoms with Crippen molar-refractivity contribution in [2.45, 2.75) is 65.0 Å². The minimum absolute atomic E-state index is 0.258. The molecule has 0 amide bonds. The average Bonchev–Trinajstić information content (AvgIpc) is 2.28. The maximum Gasteiger partial charge on any atom is 0.323 e. The number of aliphatic carboxylic acids is 1. The first-order valence-corrected chi connectivity index (χ1v) is 7.38. The zero-order valence-electron chi connectivity index (χ0n) is 12.7. The smallest absolute Gasteiger partial charge is 0.323 e. The van der Waals surface area contributed by atoms with Crippen molar-refractivity contribution in [3.63, 3.8) is 0 Å². The molecule has 0 aromatic rings. The first-order chi connectivity index (χ1) is 8.74. The first kappa shape index (κ1) is 16.4. The van der Waals surface area contributed by atoms with Gasteiger partial charge < -0.3 is 15.6 Å². The third-order valence-electron chi connectivity index (χ3n) is 4.40. The Kier molecular flexibility index (Phi) is 5.81. The standard InChI is InChI=1S/C15H29NO3/c1-10(2)12-6-5-11(3)9-13(12)19-8-7-15(4,16)14(17)18/h10-13H,5-9,16H2,1-4H3,(H,17,18). The van der Waals surface area contributed by atoms with E-state index in [4.69, 9.17) is 15.6 Å². The predicted molar refractivity (Wildman–Crippen MR) is 75.9 cm³/mol. The highest BCUT2D eigenvalue weighted by atomic mass is 16.5. The van der Waals surface area contributed by atoms with E-state index in [0.29, 0.717) is 30.8 Å². The van der Waals surface area contributed by atoms with E-state index >= 15 is 0 Å². The summed E-state index contributed by atoms with van der Waals surface area (Å²) in [6.45, 7) is 8.71. The summed E-state index contributed by atoms with van der Waals surface area (Å²) in [5, 5.41) is 8.98. The molecule has 0 radical (unpaired) electrons. The SMILES string of the molecule is CC1CCC(C(C)C)C(OCCC(C)(N)C(=O)O)C1. The Morgan fingerprint density at radius 3 is 2.63 bits per heavy atom. The van der Waals surface area contributed by atoms with Crippen molar-refractivity contribution in [2.75, 3.05) is 6.61 Å². The van der Waals surface area contributed by atoms with Crippen molar-refractivity contribution >= 4 is 5.97 Å². The number of hydrogen-bond acceptors (Lipinski definition) is 3. The van der Waals surface area contributed by atoms with Gasteiger partial charge >= 0.3 is 5.97 Å². The molecule has 0 heterocycles. The summed E-state index contributed by atoms with van der Waals surface area (Å²) in [7, 11) is 0. The monoisotopic (exact) mass is 271 g/mol. The Morgan fingerprint density at radius 1 is 1.47 bits per heavy atom. The molecule has 1 aliphatic carbocycles. The molecule has 0 bridgehead atoms. The van der Waals surface area contributed by atoms with E-state index in [1.165, 1.54) is 12.8 Å². The molecule has 4 unspecified atom stereocenters. The Bertz CT molecular complexity index is 302. The van der Waals surface area contributed by atoms with Crippen molar-refractivity contribution < 1.29 is 14.6 Å². The quantitative estimate of drug-likeness (QED) is 0.779. The Morgan fingerprint density at radius 2 is 2.11 bits per heavy atom. The first-order valence-electron chi connectivity index (χ1n) is 7.38. The molecule has 0 saturated heterocycles. The van der Waals surface area contributed by atoms with E-state index in [2.05, 4.69) is 20.8 Å². The molecule has 1 rings (SSSR count). The van der Waals surface area contributed by atoms with Gasteiger partial charge in [0.2, 0.25) is 0 Å². The molecule has 1 saturated carbocycles. The summed E-state index contributed by atoms with van der Waals surface area (Å²) in [5.41, 5.74) is 4.53. The lowest BCUT2D eigenvalue weighted by atomic mass is 9.75. The summed E-state index contributed by atoms with van der Waals surface area (Å²) in [4.78, 5) is 10.9. The van der Waals surface area contributed by atoms with Crippen molar-refractivity contribution in [3.05, 3.63) is 0 Å². The lowest BCUT2D eigenvalue weighted by molar-refractivity contribution is -0.144. The summed E-state index contributed by atoms with van der Waals surface area (Å²) in [6, 6.07) is 0. The Labute approximate surface area is 116 Å². The van der Waals surface area contributed by atoms with Crippen LogP contribution in [0.25, 0.3) is 0 Å². The molecule has 3 N–H and O–H groups in total. The predicted octanol–water partition coefficient (Wildman–Crippen LogP) is 2.66. The van der Waals surface area contributed by atoms with Gasteiger partial charge in [0.05, 0.1) is 6.10 Å². The van der Waals surface area contributed by atoms with Crippen LogP contribution in [0.3, 0.4) is 0 Å². The van der Waals surface area contributed by atoms with Crippen molar-refractivity contribution in [3.8, 4) is 0 Å². The second-order valence-corrected chi connectivity index (χ2v) is 6.71. The number of ether oxygens (including phenoxy) is 1. The van der Waals surface area contributed by atoms with Crippen LogP contribution in [0.5, 0.6) is 0 Å². The Balaban J connectivity index is 2.47. The zero-order chi connectivity index (χ0) is 14.6. The highest BCUT2D eigenvalue weighted by Crippen LogP contribution is 2.35. The lowest BCUT2D eigenvalue weighted by Crippen LogP contribution is -2.46. The van der Waals surface area contributed by atoms with Gasteiger partial charge in [0.25, 0.3) is 0 Å². The van der Waals surface area contributed by atoms with Crippen molar-refractivity contribution in [1.29, 1.82) is 0 Å². The van der Waals surface area contributed by atoms with Crippen LogP contribution >= 0.6 is 0 Å². The van der Waals surface area contributed by atoms with Crippen LogP contribution in [0.15, 0.2) is 0 Å². The van der Waals surface area contributed by atoms with Gasteiger partial charge in [0, 0.05) is 6.61 Å². The number of carboxylic acids is 1. The van der Waals surface area contributed by atoms with Crippen LogP contribution in [-0.2, 0) is 9.53 Å². The maximum atomic E-state index is 10.9. The van der Waals surface area contributed by atoms with Crippen LogP contribution < -0.4 is 5.73 Å². The molecular weight excluding hydrogens is 242 g/mol. The molecule has 112 valence electrons. The Hall–Kier alpha value is -0.610. The highest BCUT2D eigenvalue weighted by Gasteiger charge is 2.33. The summed E-state index contributed by atoms with van der Waals surface area (Å²) < 4.78 is 5.97. The third-order valence-corrected chi connectivity index (χ3v) is 4.40. The topological polar surface area (TPSA) is 72.5 Å². The van der Waals surface area contributed by atoms with Crippen LogP contribution in [0, 0.1) is 17.8 Å². The molecule has 0 aromatic heterocycles. The number of carboxylic acid groups (broad SMARTS) is 1. The van der Waals surface area contributed by atoms with Gasteiger partial charge in [0.15, 0.2) is 0 Å². The van der Waals surface area contributed by atoms with Crippen LogP contribution in [0.1, 0.15) is 53.4 Å². The number of nitrogens with two attached hydrogens (primary N) is 1. The van der Waals surface area contributed by atoms with Gasteiger partial charge in [-0.3, -0.25) is 4.79 Å². The molecular formula is C15H29NO3. The fraction of sp³-hybridized carbons (Fsp3) is 0.933. The molecule has 0 spiro atoms.